The largest absolute Gasteiger partial charge is 0.446 e. The number of aliphatic hydroxyl groups excluding tert-OH is 1. The van der Waals surface area contributed by atoms with Gasteiger partial charge in [0, 0.05) is 25.1 Å². The van der Waals surface area contributed by atoms with Crippen molar-refractivity contribution in [1.82, 2.24) is 24.8 Å². The number of carbonyl (C=O) groups excluding carboxylic acids is 1. The number of aryl methyl sites for hydroxylation is 1. The molecule has 1 saturated carbocycles. The number of rotatable bonds is 3. The zero-order chi connectivity index (χ0) is 25.0. The summed E-state index contributed by atoms with van der Waals surface area (Å²) in [6.45, 7) is 5.90. The van der Waals surface area contributed by atoms with E-state index in [1.165, 1.54) is 19.3 Å². The van der Waals surface area contributed by atoms with Crippen molar-refractivity contribution in [3.05, 3.63) is 35.0 Å². The van der Waals surface area contributed by atoms with Crippen LogP contribution in [0.2, 0.25) is 5.02 Å². The molecule has 0 aliphatic heterocycles. The van der Waals surface area contributed by atoms with Gasteiger partial charge in [0.25, 0.3) is 0 Å². The second-order valence-corrected chi connectivity index (χ2v) is 8.88. The van der Waals surface area contributed by atoms with Crippen molar-refractivity contribution < 1.29 is 19.0 Å². The Morgan fingerprint density at radius 1 is 1.35 bits per heavy atom. The molecule has 1 aliphatic carbocycles. The number of benzene rings is 1. The fourth-order valence-corrected chi connectivity index (χ4v) is 4.28. The first-order valence-corrected chi connectivity index (χ1v) is 11.5. The Balaban J connectivity index is 0.000000229. The number of fused-ring (bicyclic) bond motifs is 1. The summed E-state index contributed by atoms with van der Waals surface area (Å²) in [5.41, 5.74) is 7.60. The van der Waals surface area contributed by atoms with Gasteiger partial charge in [-0.3, -0.25) is 0 Å². The molecule has 1 aromatic carbocycles. The van der Waals surface area contributed by atoms with Gasteiger partial charge >= 0.3 is 6.09 Å². The summed E-state index contributed by atoms with van der Waals surface area (Å²) in [5, 5.41) is 12.0. The molecule has 4 N–H and O–H groups in total. The normalized spacial score (nSPS) is 17.9. The number of aliphatic hydroxyl groups is 1. The van der Waals surface area contributed by atoms with E-state index in [0.29, 0.717) is 33.7 Å². The Labute approximate surface area is 202 Å². The van der Waals surface area contributed by atoms with E-state index in [0.717, 1.165) is 25.1 Å². The predicted molar refractivity (Wildman–Crippen MR) is 129 cm³/mol. The van der Waals surface area contributed by atoms with Crippen molar-refractivity contribution in [3.63, 3.8) is 0 Å². The van der Waals surface area contributed by atoms with Crippen molar-refractivity contribution in [2.45, 2.75) is 64.7 Å². The van der Waals surface area contributed by atoms with E-state index in [4.69, 9.17) is 22.1 Å². The highest BCUT2D eigenvalue weighted by Gasteiger charge is 2.22. The van der Waals surface area contributed by atoms with Gasteiger partial charge in [0.05, 0.1) is 28.5 Å². The number of amides is 1. The van der Waals surface area contributed by atoms with Crippen LogP contribution in [0, 0.1) is 12.7 Å². The molecule has 0 spiro atoms. The van der Waals surface area contributed by atoms with Gasteiger partial charge in [0.15, 0.2) is 5.82 Å². The van der Waals surface area contributed by atoms with Crippen molar-refractivity contribution >= 4 is 34.7 Å². The minimum absolute atomic E-state index is 0.0912. The van der Waals surface area contributed by atoms with Gasteiger partial charge in [-0.25, -0.2) is 24.1 Å². The molecule has 9 nitrogen and oxygen atoms in total. The molecular formula is C23H30ClFN6O3. The number of carbonyl (C=O) groups is 1. The summed E-state index contributed by atoms with van der Waals surface area (Å²) in [4.78, 5) is 23.0. The summed E-state index contributed by atoms with van der Waals surface area (Å²) in [6.07, 6.45) is 3.80. The molecule has 11 heteroatoms. The quantitative estimate of drug-likeness (QED) is 0.494. The Morgan fingerprint density at radius 3 is 2.74 bits per heavy atom. The highest BCUT2D eigenvalue weighted by molar-refractivity contribution is 6.33. The van der Waals surface area contributed by atoms with E-state index in [9.17, 15) is 14.3 Å². The lowest BCUT2D eigenvalue weighted by Crippen LogP contribution is -2.31. The summed E-state index contributed by atoms with van der Waals surface area (Å²) in [6, 6.07) is 3.35. The number of hydrogen-bond acceptors (Lipinski definition) is 7. The number of nitrogen functional groups attached to an aromatic ring is 1. The van der Waals surface area contributed by atoms with Gasteiger partial charge in [-0.15, -0.1) is 0 Å². The maximum atomic E-state index is 14.4. The van der Waals surface area contributed by atoms with Crippen LogP contribution in [-0.4, -0.2) is 50.0 Å². The van der Waals surface area contributed by atoms with Crippen LogP contribution in [0.1, 0.15) is 51.4 Å². The van der Waals surface area contributed by atoms with E-state index >= 15 is 0 Å². The van der Waals surface area contributed by atoms with Crippen LogP contribution in [0.25, 0.3) is 22.3 Å². The molecular weight excluding hydrogens is 463 g/mol. The van der Waals surface area contributed by atoms with E-state index in [1.807, 2.05) is 31.4 Å². The molecule has 1 aliphatic rings. The number of hydrogen-bond donors (Lipinski definition) is 3. The van der Waals surface area contributed by atoms with Gasteiger partial charge in [0.2, 0.25) is 5.95 Å². The highest BCUT2D eigenvalue weighted by atomic mass is 35.5. The monoisotopic (exact) mass is 492 g/mol. The topological polar surface area (TPSA) is 128 Å². The molecule has 0 saturated heterocycles. The van der Waals surface area contributed by atoms with Crippen LogP contribution in [0.3, 0.4) is 0 Å². The maximum absolute atomic E-state index is 14.4. The van der Waals surface area contributed by atoms with E-state index in [2.05, 4.69) is 20.3 Å². The van der Waals surface area contributed by atoms with Crippen LogP contribution in [-0.2, 0) is 4.74 Å². The third-order valence-corrected chi connectivity index (χ3v) is 5.83. The maximum Gasteiger partial charge on any atom is 0.407 e. The Bertz CT molecular complexity index is 1170. The minimum atomic E-state index is -0.414. The molecule has 0 radical (unpaired) electrons. The fourth-order valence-electron chi connectivity index (χ4n) is 4.08. The fraction of sp³-hybridized carbons (Fsp3) is 0.478. The first kappa shape index (κ1) is 25.6. The molecule has 0 bridgehead atoms. The number of nitrogens with zero attached hydrogens (tertiary/aromatic N) is 4. The second kappa shape index (κ2) is 11.0. The van der Waals surface area contributed by atoms with Crippen LogP contribution in [0.4, 0.5) is 15.1 Å². The van der Waals surface area contributed by atoms with Gasteiger partial charge in [-0.1, -0.05) is 11.6 Å². The molecule has 2 unspecified atom stereocenters. The smallest absolute Gasteiger partial charge is 0.407 e. The highest BCUT2D eigenvalue weighted by Crippen LogP contribution is 2.32. The Kier molecular flexibility index (Phi) is 8.27. The zero-order valence-corrected chi connectivity index (χ0v) is 20.4. The SMILES string of the molecule is CNC(=O)OC1CCCC(O)C1.Cc1nc2c(F)cc(-c3nc(N)ncc3Cl)cc2n1C(C)C. The summed E-state index contributed by atoms with van der Waals surface area (Å²) < 4.78 is 21.4. The standard InChI is InChI=1S/C15H15ClFN5.C8H15NO3/c1-7(2)22-8(3)20-14-11(17)4-9(5-12(14)22)13-10(16)6-19-15(18)21-13;1-9-8(11)12-7-4-2-3-6(10)5-7/h4-7H,1-3H3,(H2,18,19,21);6-7,10H,2-5H2,1H3,(H,9,11). The number of nitrogens with one attached hydrogen (secondary N) is 1. The van der Waals surface area contributed by atoms with Crippen LogP contribution in [0.5, 0.6) is 0 Å². The molecule has 1 amide bonds. The molecule has 3 aromatic rings. The molecule has 2 heterocycles. The third kappa shape index (κ3) is 5.92. The Hall–Kier alpha value is -2.98. The lowest BCUT2D eigenvalue weighted by molar-refractivity contribution is 0.0237. The number of ether oxygens (including phenoxy) is 1. The van der Waals surface area contributed by atoms with Gasteiger partial charge < -0.3 is 25.5 Å². The van der Waals surface area contributed by atoms with E-state index < -0.39 is 11.9 Å². The number of halogens is 2. The third-order valence-electron chi connectivity index (χ3n) is 5.55. The first-order chi connectivity index (χ1) is 16.1. The van der Waals surface area contributed by atoms with Gasteiger partial charge in [0.1, 0.15) is 17.4 Å². The second-order valence-electron chi connectivity index (χ2n) is 8.47. The average Bonchev–Trinajstić information content (AvgIpc) is 3.12. The average molecular weight is 493 g/mol. The minimum Gasteiger partial charge on any atom is -0.446 e. The van der Waals surface area contributed by atoms with Gasteiger partial charge in [-0.2, -0.15) is 0 Å². The zero-order valence-electron chi connectivity index (χ0n) is 19.7. The summed E-state index contributed by atoms with van der Waals surface area (Å²) >= 11 is 6.12. The first-order valence-electron chi connectivity index (χ1n) is 11.1. The molecule has 34 heavy (non-hydrogen) atoms. The number of nitrogens with two attached hydrogens (primary N) is 1. The van der Waals surface area contributed by atoms with E-state index in [-0.39, 0.29) is 24.2 Å². The van der Waals surface area contributed by atoms with Crippen LogP contribution < -0.4 is 11.1 Å². The molecule has 184 valence electrons. The number of aromatic nitrogens is 4. The lowest BCUT2D eigenvalue weighted by atomic mass is 9.95. The Morgan fingerprint density at radius 2 is 2.09 bits per heavy atom. The van der Waals surface area contributed by atoms with Crippen molar-refractivity contribution in [3.8, 4) is 11.3 Å². The molecule has 2 atom stereocenters. The summed E-state index contributed by atoms with van der Waals surface area (Å²) in [7, 11) is 1.53. The van der Waals surface area contributed by atoms with Crippen LogP contribution >= 0.6 is 11.6 Å². The summed E-state index contributed by atoms with van der Waals surface area (Å²) in [5.74, 6) is 0.436. The molecule has 4 rings (SSSR count). The molecule has 1 fully saturated rings. The predicted octanol–water partition coefficient (Wildman–Crippen LogP) is 4.40. The lowest BCUT2D eigenvalue weighted by Gasteiger charge is -2.25. The number of imidazole rings is 1. The van der Waals surface area contributed by atoms with Crippen LogP contribution in [0.15, 0.2) is 18.3 Å². The van der Waals surface area contributed by atoms with Crippen molar-refractivity contribution in [2.24, 2.45) is 0 Å². The van der Waals surface area contributed by atoms with Crippen molar-refractivity contribution in [2.75, 3.05) is 12.8 Å². The van der Waals surface area contributed by atoms with E-state index in [1.54, 1.807) is 0 Å². The van der Waals surface area contributed by atoms with Gasteiger partial charge in [-0.05, 0) is 52.2 Å². The molecule has 2 aromatic heterocycles. The number of alkyl carbamates (subject to hydrolysis) is 1. The number of anilines is 1. The van der Waals surface area contributed by atoms with Crippen molar-refractivity contribution in [1.29, 1.82) is 0 Å².